The third-order valence-corrected chi connectivity index (χ3v) is 2.21. The molecule has 1 rings (SSSR count). The molecule has 17 heavy (non-hydrogen) atoms. The van der Waals surface area contributed by atoms with Crippen molar-refractivity contribution in [3.05, 3.63) is 29.3 Å². The summed E-state index contributed by atoms with van der Waals surface area (Å²) in [6, 6.07) is 5.88. The van der Waals surface area contributed by atoms with Crippen LogP contribution in [0.4, 0.5) is 0 Å². The van der Waals surface area contributed by atoms with Crippen molar-refractivity contribution in [2.45, 2.75) is 20.0 Å². The highest BCUT2D eigenvalue weighted by molar-refractivity contribution is 5.48. The van der Waals surface area contributed by atoms with E-state index in [1.54, 1.807) is 7.11 Å². The van der Waals surface area contributed by atoms with E-state index >= 15 is 0 Å². The SMILES string of the molecule is CCCOCc1ccc(OC)c(C#CCN)c1. The molecule has 0 aliphatic carbocycles. The fourth-order valence-electron chi connectivity index (χ4n) is 1.42. The molecule has 3 heteroatoms. The minimum absolute atomic E-state index is 0.347. The van der Waals surface area contributed by atoms with E-state index in [9.17, 15) is 0 Å². The first-order valence-electron chi connectivity index (χ1n) is 5.75. The van der Waals surface area contributed by atoms with E-state index in [-0.39, 0.29) is 0 Å². The van der Waals surface area contributed by atoms with Gasteiger partial charge < -0.3 is 15.2 Å². The molecule has 0 saturated heterocycles. The largest absolute Gasteiger partial charge is 0.495 e. The second-order valence-electron chi connectivity index (χ2n) is 3.59. The summed E-state index contributed by atoms with van der Waals surface area (Å²) in [5.74, 6) is 6.60. The first-order chi connectivity index (χ1) is 8.31. The molecule has 0 aliphatic rings. The smallest absolute Gasteiger partial charge is 0.134 e. The van der Waals surface area contributed by atoms with Gasteiger partial charge >= 0.3 is 0 Å². The minimum Gasteiger partial charge on any atom is -0.495 e. The highest BCUT2D eigenvalue weighted by Crippen LogP contribution is 2.19. The fraction of sp³-hybridized carbons (Fsp3) is 0.429. The molecule has 0 amide bonds. The first-order valence-corrected chi connectivity index (χ1v) is 5.75. The van der Waals surface area contributed by atoms with Crippen molar-refractivity contribution in [2.75, 3.05) is 20.3 Å². The molecule has 1 aromatic carbocycles. The van der Waals surface area contributed by atoms with Gasteiger partial charge in [0.05, 0.1) is 25.8 Å². The van der Waals surface area contributed by atoms with E-state index in [1.165, 1.54) is 0 Å². The van der Waals surface area contributed by atoms with Crippen LogP contribution in [0.3, 0.4) is 0 Å². The van der Waals surface area contributed by atoms with Gasteiger partial charge in [0.25, 0.3) is 0 Å². The lowest BCUT2D eigenvalue weighted by atomic mass is 10.1. The normalized spacial score (nSPS) is 9.59. The van der Waals surface area contributed by atoms with Crippen LogP contribution in [0.1, 0.15) is 24.5 Å². The van der Waals surface area contributed by atoms with Gasteiger partial charge in [0.2, 0.25) is 0 Å². The maximum Gasteiger partial charge on any atom is 0.134 e. The van der Waals surface area contributed by atoms with Crippen LogP contribution in [0, 0.1) is 11.8 Å². The van der Waals surface area contributed by atoms with E-state index in [2.05, 4.69) is 18.8 Å². The molecule has 0 heterocycles. The van der Waals surface area contributed by atoms with Gasteiger partial charge in [-0.2, -0.15) is 0 Å². The molecule has 0 atom stereocenters. The van der Waals surface area contributed by atoms with Crippen LogP contribution in [0.15, 0.2) is 18.2 Å². The van der Waals surface area contributed by atoms with E-state index in [0.29, 0.717) is 13.2 Å². The van der Waals surface area contributed by atoms with Crippen molar-refractivity contribution in [3.8, 4) is 17.6 Å². The lowest BCUT2D eigenvalue weighted by Gasteiger charge is -2.07. The molecule has 1 aromatic rings. The first kappa shape index (κ1) is 13.6. The van der Waals surface area contributed by atoms with Gasteiger partial charge in [-0.05, 0) is 24.1 Å². The average Bonchev–Trinajstić information content (AvgIpc) is 2.37. The van der Waals surface area contributed by atoms with Crippen LogP contribution in [0.5, 0.6) is 5.75 Å². The van der Waals surface area contributed by atoms with Gasteiger partial charge in [-0.1, -0.05) is 24.8 Å². The number of methoxy groups -OCH3 is 1. The molecule has 0 saturated carbocycles. The quantitative estimate of drug-likeness (QED) is 0.624. The summed E-state index contributed by atoms with van der Waals surface area (Å²) in [6.45, 7) is 3.82. The van der Waals surface area contributed by atoms with Gasteiger partial charge in [0.1, 0.15) is 5.75 Å². The maximum absolute atomic E-state index is 5.49. The Kier molecular flexibility index (Phi) is 6.16. The van der Waals surface area contributed by atoms with Gasteiger partial charge in [-0.3, -0.25) is 0 Å². The van der Waals surface area contributed by atoms with Gasteiger partial charge in [0, 0.05) is 6.61 Å². The average molecular weight is 233 g/mol. The Morgan fingerprint density at radius 1 is 1.35 bits per heavy atom. The molecular formula is C14H19NO2. The van der Waals surface area contributed by atoms with Crippen molar-refractivity contribution < 1.29 is 9.47 Å². The fourth-order valence-corrected chi connectivity index (χ4v) is 1.42. The Morgan fingerprint density at radius 3 is 2.82 bits per heavy atom. The number of benzene rings is 1. The highest BCUT2D eigenvalue weighted by Gasteiger charge is 2.02. The van der Waals surface area contributed by atoms with E-state index in [4.69, 9.17) is 15.2 Å². The van der Waals surface area contributed by atoms with Crippen LogP contribution in [-0.2, 0) is 11.3 Å². The van der Waals surface area contributed by atoms with Gasteiger partial charge in [-0.15, -0.1) is 0 Å². The second kappa shape index (κ2) is 7.72. The number of hydrogen-bond acceptors (Lipinski definition) is 3. The van der Waals surface area contributed by atoms with Crippen LogP contribution in [-0.4, -0.2) is 20.3 Å². The number of rotatable bonds is 5. The molecule has 0 bridgehead atoms. The summed E-state index contributed by atoms with van der Waals surface area (Å²) in [5.41, 5.74) is 7.32. The van der Waals surface area contributed by atoms with Crippen molar-refractivity contribution in [3.63, 3.8) is 0 Å². The second-order valence-corrected chi connectivity index (χ2v) is 3.59. The molecule has 0 radical (unpaired) electrons. The molecule has 0 aromatic heterocycles. The van der Waals surface area contributed by atoms with Crippen LogP contribution >= 0.6 is 0 Å². The number of ether oxygens (including phenoxy) is 2. The molecule has 2 N–H and O–H groups in total. The monoisotopic (exact) mass is 233 g/mol. The van der Waals surface area contributed by atoms with Gasteiger partial charge in [-0.25, -0.2) is 0 Å². The predicted molar refractivity (Wildman–Crippen MR) is 68.9 cm³/mol. The third-order valence-electron chi connectivity index (χ3n) is 2.21. The zero-order chi connectivity index (χ0) is 12.5. The summed E-state index contributed by atoms with van der Waals surface area (Å²) in [4.78, 5) is 0. The zero-order valence-electron chi connectivity index (χ0n) is 10.5. The maximum atomic E-state index is 5.49. The standard InChI is InChI=1S/C14H19NO2/c1-3-9-17-11-12-6-7-14(16-2)13(10-12)5-4-8-15/h6-7,10H,3,8-9,11,15H2,1-2H3. The van der Waals surface area contributed by atoms with Crippen molar-refractivity contribution in [2.24, 2.45) is 5.73 Å². The predicted octanol–water partition coefficient (Wildman–Crippen LogP) is 1.93. The molecule has 92 valence electrons. The van der Waals surface area contributed by atoms with Gasteiger partial charge in [0.15, 0.2) is 0 Å². The summed E-state index contributed by atoms with van der Waals surface area (Å²) in [6.07, 6.45) is 1.02. The number of hydrogen-bond donors (Lipinski definition) is 1. The molecule has 0 unspecified atom stereocenters. The van der Waals surface area contributed by atoms with Crippen LogP contribution < -0.4 is 10.5 Å². The zero-order valence-corrected chi connectivity index (χ0v) is 10.5. The van der Waals surface area contributed by atoms with E-state index < -0.39 is 0 Å². The summed E-state index contributed by atoms with van der Waals surface area (Å²) < 4.78 is 10.7. The van der Waals surface area contributed by atoms with Crippen molar-refractivity contribution in [1.29, 1.82) is 0 Å². The van der Waals surface area contributed by atoms with Crippen molar-refractivity contribution in [1.82, 2.24) is 0 Å². The Hall–Kier alpha value is -1.50. The Labute approximate surface area is 103 Å². The summed E-state index contributed by atoms with van der Waals surface area (Å²) in [7, 11) is 1.64. The Morgan fingerprint density at radius 2 is 2.18 bits per heavy atom. The molecule has 3 nitrogen and oxygen atoms in total. The van der Waals surface area contributed by atoms with E-state index in [0.717, 1.165) is 29.9 Å². The van der Waals surface area contributed by atoms with E-state index in [1.807, 2.05) is 18.2 Å². The minimum atomic E-state index is 0.347. The Bertz CT molecular complexity index is 404. The number of nitrogens with two attached hydrogens (primary N) is 1. The van der Waals surface area contributed by atoms with Crippen LogP contribution in [0.25, 0.3) is 0 Å². The highest BCUT2D eigenvalue weighted by atomic mass is 16.5. The molecule has 0 fully saturated rings. The summed E-state index contributed by atoms with van der Waals surface area (Å²) >= 11 is 0. The van der Waals surface area contributed by atoms with Crippen LogP contribution in [0.2, 0.25) is 0 Å². The lowest BCUT2D eigenvalue weighted by Crippen LogP contribution is -1.97. The molecular weight excluding hydrogens is 214 g/mol. The molecule has 0 spiro atoms. The van der Waals surface area contributed by atoms with Crippen molar-refractivity contribution >= 4 is 0 Å². The lowest BCUT2D eigenvalue weighted by molar-refractivity contribution is 0.121. The Balaban J connectivity index is 2.81. The summed E-state index contributed by atoms with van der Waals surface area (Å²) in [5, 5.41) is 0. The third kappa shape index (κ3) is 4.48. The topological polar surface area (TPSA) is 44.5 Å². The molecule has 0 aliphatic heterocycles.